The monoisotopic (exact) mass is 347 g/mol. The van der Waals surface area contributed by atoms with Gasteiger partial charge in [0.1, 0.15) is 12.0 Å². The first-order valence-electron chi connectivity index (χ1n) is 6.88. The fourth-order valence-electron chi connectivity index (χ4n) is 2.08. The van der Waals surface area contributed by atoms with Crippen molar-refractivity contribution < 1.29 is 23.6 Å². The maximum atomic E-state index is 11.9. The molecule has 124 valence electrons. The Balaban J connectivity index is 1.70. The molecule has 3 rings (SSSR count). The maximum absolute atomic E-state index is 11.9. The van der Waals surface area contributed by atoms with E-state index in [1.807, 2.05) is 0 Å². The minimum Gasteiger partial charge on any atom is -0.466 e. The summed E-state index contributed by atoms with van der Waals surface area (Å²) in [5.41, 5.74) is -1.02. The summed E-state index contributed by atoms with van der Waals surface area (Å²) in [5.74, 6) is -1.46. The Bertz CT molecular complexity index is 762. The highest BCUT2D eigenvalue weighted by Crippen LogP contribution is 2.30. The quantitative estimate of drug-likeness (QED) is 0.599. The van der Waals surface area contributed by atoms with Crippen LogP contribution >= 0.6 is 11.3 Å². The summed E-state index contributed by atoms with van der Waals surface area (Å²) in [6, 6.07) is 6.34. The van der Waals surface area contributed by atoms with Gasteiger partial charge in [-0.05, 0) is 29.0 Å². The number of aromatic nitrogens is 1. The van der Waals surface area contributed by atoms with E-state index in [0.717, 1.165) is 0 Å². The van der Waals surface area contributed by atoms with E-state index in [2.05, 4.69) is 20.3 Å². The average molecular weight is 347 g/mol. The van der Waals surface area contributed by atoms with Gasteiger partial charge in [0.25, 0.3) is 0 Å². The van der Waals surface area contributed by atoms with Crippen molar-refractivity contribution in [2.75, 3.05) is 11.9 Å². The largest absolute Gasteiger partial charge is 0.466 e. The Morgan fingerprint density at radius 1 is 1.25 bits per heavy atom. The molecule has 3 aromatic heterocycles. The number of carbonyl (C=O) groups excluding carboxylic acids is 2. The smallest absolute Gasteiger partial charge is 0.314 e. The zero-order valence-electron chi connectivity index (χ0n) is 12.3. The van der Waals surface area contributed by atoms with Gasteiger partial charge in [0, 0.05) is 11.6 Å². The molecule has 3 aromatic rings. The summed E-state index contributed by atoms with van der Waals surface area (Å²) in [4.78, 5) is 23.7. The molecule has 0 aliphatic heterocycles. The fraction of sp³-hybridized carbons (Fsp3) is 0.133. The van der Waals surface area contributed by atoms with Gasteiger partial charge >= 0.3 is 11.8 Å². The van der Waals surface area contributed by atoms with Crippen LogP contribution in [-0.4, -0.2) is 28.6 Å². The summed E-state index contributed by atoms with van der Waals surface area (Å²) < 4.78 is 9.84. The van der Waals surface area contributed by atoms with Crippen LogP contribution in [0.3, 0.4) is 0 Å². The van der Waals surface area contributed by atoms with Crippen LogP contribution in [0.15, 0.2) is 56.5 Å². The molecule has 0 saturated heterocycles. The molecule has 1 atom stereocenters. The van der Waals surface area contributed by atoms with Gasteiger partial charge in [-0.1, -0.05) is 5.16 Å². The lowest BCUT2D eigenvalue weighted by Gasteiger charge is -2.25. The van der Waals surface area contributed by atoms with Gasteiger partial charge in [-0.25, -0.2) is 0 Å². The average Bonchev–Trinajstić information content (AvgIpc) is 3.35. The first-order valence-corrected chi connectivity index (χ1v) is 7.82. The molecular formula is C15H13N3O5S. The number of furan rings is 1. The number of amides is 2. The number of thiophene rings is 1. The number of hydrogen-bond donors (Lipinski definition) is 3. The first kappa shape index (κ1) is 16.0. The molecule has 0 saturated carbocycles. The number of nitrogens with one attached hydrogen (secondary N) is 2. The van der Waals surface area contributed by atoms with Gasteiger partial charge in [0.05, 0.1) is 12.8 Å². The van der Waals surface area contributed by atoms with Crippen molar-refractivity contribution in [2.24, 2.45) is 0 Å². The Labute approximate surface area is 140 Å². The van der Waals surface area contributed by atoms with Crippen LogP contribution in [0.25, 0.3) is 0 Å². The number of nitrogens with zero attached hydrogens (tertiary/aromatic N) is 1. The van der Waals surface area contributed by atoms with Gasteiger partial charge < -0.3 is 19.4 Å². The van der Waals surface area contributed by atoms with Crippen LogP contribution in [-0.2, 0) is 15.2 Å². The Hall–Kier alpha value is -2.91. The fourth-order valence-corrected chi connectivity index (χ4v) is 2.81. The predicted molar refractivity (Wildman–Crippen MR) is 84.2 cm³/mol. The van der Waals surface area contributed by atoms with Gasteiger partial charge in [0.15, 0.2) is 11.4 Å². The molecule has 0 fully saturated rings. The summed E-state index contributed by atoms with van der Waals surface area (Å²) >= 11 is 1.39. The lowest BCUT2D eigenvalue weighted by Crippen LogP contribution is -2.45. The van der Waals surface area contributed by atoms with Crippen molar-refractivity contribution in [1.82, 2.24) is 10.5 Å². The normalized spacial score (nSPS) is 13.2. The second kappa shape index (κ2) is 6.69. The van der Waals surface area contributed by atoms with E-state index in [1.165, 1.54) is 29.9 Å². The number of hydrogen-bond acceptors (Lipinski definition) is 7. The molecule has 1 unspecified atom stereocenters. The lowest BCUT2D eigenvalue weighted by molar-refractivity contribution is -0.136. The molecule has 0 radical (unpaired) electrons. The van der Waals surface area contributed by atoms with Crippen LogP contribution in [0.5, 0.6) is 0 Å². The van der Waals surface area contributed by atoms with Crippen molar-refractivity contribution in [1.29, 1.82) is 0 Å². The van der Waals surface area contributed by atoms with Crippen LogP contribution < -0.4 is 10.6 Å². The number of aliphatic hydroxyl groups is 1. The van der Waals surface area contributed by atoms with Crippen molar-refractivity contribution in [2.45, 2.75) is 5.60 Å². The predicted octanol–water partition coefficient (Wildman–Crippen LogP) is 1.32. The van der Waals surface area contributed by atoms with E-state index in [-0.39, 0.29) is 18.1 Å². The molecule has 0 bridgehead atoms. The van der Waals surface area contributed by atoms with E-state index in [9.17, 15) is 14.7 Å². The molecule has 2 amide bonds. The third-order valence-electron chi connectivity index (χ3n) is 3.32. The molecule has 9 heteroatoms. The summed E-state index contributed by atoms with van der Waals surface area (Å²) in [6.07, 6.45) is 2.69. The van der Waals surface area contributed by atoms with Gasteiger partial charge in [-0.2, -0.15) is 11.3 Å². The molecule has 8 nitrogen and oxygen atoms in total. The van der Waals surface area contributed by atoms with Crippen LogP contribution in [0.1, 0.15) is 11.3 Å². The van der Waals surface area contributed by atoms with Crippen LogP contribution in [0.2, 0.25) is 0 Å². The molecule has 0 aliphatic carbocycles. The van der Waals surface area contributed by atoms with Gasteiger partial charge in [0.2, 0.25) is 0 Å². The van der Waals surface area contributed by atoms with E-state index in [4.69, 9.17) is 4.42 Å². The molecule has 24 heavy (non-hydrogen) atoms. The van der Waals surface area contributed by atoms with E-state index < -0.39 is 17.4 Å². The number of anilines is 1. The standard InChI is InChI=1S/C15H13N3O5S/c19-13(14(20)17-12-3-6-23-18-12)16-9-15(21,10-4-7-24-8-10)11-2-1-5-22-11/h1-8,21H,9H2,(H,16,19)(H,17,18,20). The minimum atomic E-state index is -1.58. The third kappa shape index (κ3) is 3.21. The maximum Gasteiger partial charge on any atom is 0.314 e. The van der Waals surface area contributed by atoms with Crippen molar-refractivity contribution >= 4 is 29.0 Å². The highest BCUT2D eigenvalue weighted by molar-refractivity contribution is 7.08. The van der Waals surface area contributed by atoms with E-state index >= 15 is 0 Å². The molecule has 3 heterocycles. The number of carbonyl (C=O) groups is 2. The number of rotatable bonds is 5. The summed E-state index contributed by atoms with van der Waals surface area (Å²) in [5, 5.41) is 22.6. The summed E-state index contributed by atoms with van der Waals surface area (Å²) in [7, 11) is 0. The Kier molecular flexibility index (Phi) is 4.45. The Morgan fingerprint density at radius 3 is 2.75 bits per heavy atom. The van der Waals surface area contributed by atoms with Crippen LogP contribution in [0.4, 0.5) is 5.82 Å². The highest BCUT2D eigenvalue weighted by Gasteiger charge is 2.36. The lowest BCUT2D eigenvalue weighted by atomic mass is 9.93. The SMILES string of the molecule is O=C(NCC(O)(c1ccsc1)c1ccco1)C(=O)Nc1ccon1. The zero-order valence-corrected chi connectivity index (χ0v) is 13.1. The highest BCUT2D eigenvalue weighted by atomic mass is 32.1. The van der Waals surface area contributed by atoms with E-state index in [0.29, 0.717) is 5.56 Å². The van der Waals surface area contributed by atoms with Gasteiger partial charge in [-0.3, -0.25) is 14.9 Å². The second-order valence-electron chi connectivity index (χ2n) is 4.87. The topological polar surface area (TPSA) is 118 Å². The molecular weight excluding hydrogens is 334 g/mol. The minimum absolute atomic E-state index is 0.120. The van der Waals surface area contributed by atoms with E-state index in [1.54, 1.807) is 29.0 Å². The molecule has 0 spiro atoms. The molecule has 0 aliphatic rings. The van der Waals surface area contributed by atoms with Crippen molar-refractivity contribution in [3.8, 4) is 0 Å². The zero-order chi connectivity index (χ0) is 17.0. The van der Waals surface area contributed by atoms with Crippen LogP contribution in [0, 0.1) is 0 Å². The molecule has 3 N–H and O–H groups in total. The molecule has 0 aromatic carbocycles. The Morgan fingerprint density at radius 2 is 2.12 bits per heavy atom. The first-order chi connectivity index (χ1) is 11.6. The second-order valence-corrected chi connectivity index (χ2v) is 5.65. The third-order valence-corrected chi connectivity index (χ3v) is 4.00. The summed E-state index contributed by atoms with van der Waals surface area (Å²) in [6.45, 7) is -0.234. The van der Waals surface area contributed by atoms with Gasteiger partial charge in [-0.15, -0.1) is 0 Å². The van der Waals surface area contributed by atoms with Crippen molar-refractivity contribution in [3.63, 3.8) is 0 Å². The van der Waals surface area contributed by atoms with Crippen molar-refractivity contribution in [3.05, 3.63) is 58.9 Å².